The molecule has 2 aromatic rings. The second-order valence-corrected chi connectivity index (χ2v) is 7.06. The summed E-state index contributed by atoms with van der Waals surface area (Å²) in [5.74, 6) is -0.747. The van der Waals surface area contributed by atoms with Crippen LogP contribution in [0.3, 0.4) is 0 Å². The molecule has 1 aromatic carbocycles. The fraction of sp³-hybridized carbons (Fsp3) is 0.556. The maximum atomic E-state index is 11.2. The number of rotatable bonds is 7. The number of aliphatic carboxylic acids is 1. The number of carbonyl (C=O) groups is 1. The van der Waals surface area contributed by atoms with Crippen LogP contribution in [0.4, 0.5) is 0 Å². The SMILES string of the molecule is Cc1c(Cl)c(C)c2c(cnn2CCCNC(C(=O)O)C(C)C)c1C. The Hall–Kier alpha value is -1.59. The monoisotopic (exact) mass is 351 g/mol. The summed E-state index contributed by atoms with van der Waals surface area (Å²) >= 11 is 6.44. The van der Waals surface area contributed by atoms with Crippen LogP contribution in [0.15, 0.2) is 6.20 Å². The van der Waals surface area contributed by atoms with Crippen molar-refractivity contribution in [3.05, 3.63) is 27.9 Å². The first-order valence-electron chi connectivity index (χ1n) is 8.32. The van der Waals surface area contributed by atoms with E-state index in [-0.39, 0.29) is 5.92 Å². The number of aromatic nitrogens is 2. The summed E-state index contributed by atoms with van der Waals surface area (Å²) < 4.78 is 1.97. The first-order valence-corrected chi connectivity index (χ1v) is 8.70. The highest BCUT2D eigenvalue weighted by atomic mass is 35.5. The van der Waals surface area contributed by atoms with E-state index < -0.39 is 12.0 Å². The zero-order valence-electron chi connectivity index (χ0n) is 15.0. The summed E-state index contributed by atoms with van der Waals surface area (Å²) in [4.78, 5) is 11.2. The van der Waals surface area contributed by atoms with Crippen LogP contribution < -0.4 is 5.32 Å². The molecule has 2 rings (SSSR count). The van der Waals surface area contributed by atoms with Crippen molar-refractivity contribution in [1.29, 1.82) is 0 Å². The summed E-state index contributed by atoms with van der Waals surface area (Å²) in [6.45, 7) is 11.3. The molecule has 0 bridgehead atoms. The number of hydrogen-bond donors (Lipinski definition) is 2. The molecule has 0 spiro atoms. The van der Waals surface area contributed by atoms with Gasteiger partial charge >= 0.3 is 5.97 Å². The standard InChI is InChI=1S/C18H26ClN3O2/c1-10(2)16(18(23)24)20-7-6-8-22-17-13(5)15(19)12(4)11(3)14(17)9-21-22/h9-10,16,20H,6-8H2,1-5H3,(H,23,24). The topological polar surface area (TPSA) is 67.2 Å². The minimum Gasteiger partial charge on any atom is -0.480 e. The van der Waals surface area contributed by atoms with Gasteiger partial charge in [-0.25, -0.2) is 0 Å². The maximum absolute atomic E-state index is 11.2. The van der Waals surface area contributed by atoms with Crippen molar-refractivity contribution in [2.45, 2.75) is 53.6 Å². The maximum Gasteiger partial charge on any atom is 0.320 e. The first-order chi connectivity index (χ1) is 11.3. The van der Waals surface area contributed by atoms with Gasteiger partial charge in [0.25, 0.3) is 0 Å². The third kappa shape index (κ3) is 3.57. The summed E-state index contributed by atoms with van der Waals surface area (Å²) in [6, 6.07) is -0.513. The zero-order valence-corrected chi connectivity index (χ0v) is 15.7. The molecule has 0 saturated carbocycles. The highest BCUT2D eigenvalue weighted by Gasteiger charge is 2.20. The van der Waals surface area contributed by atoms with Crippen LogP contribution in [0.2, 0.25) is 5.02 Å². The van der Waals surface area contributed by atoms with E-state index in [1.807, 2.05) is 38.6 Å². The number of nitrogens with zero attached hydrogens (tertiary/aromatic N) is 2. The van der Waals surface area contributed by atoms with E-state index in [1.165, 1.54) is 0 Å². The summed E-state index contributed by atoms with van der Waals surface area (Å²) in [5, 5.41) is 18.7. The Morgan fingerprint density at radius 3 is 2.54 bits per heavy atom. The predicted octanol–water partition coefficient (Wildman–Crippen LogP) is 3.70. The molecule has 1 unspecified atom stereocenters. The Morgan fingerprint density at radius 1 is 1.29 bits per heavy atom. The molecule has 1 atom stereocenters. The molecule has 5 nitrogen and oxygen atoms in total. The Morgan fingerprint density at radius 2 is 1.96 bits per heavy atom. The van der Waals surface area contributed by atoms with Crippen LogP contribution in [-0.2, 0) is 11.3 Å². The number of aryl methyl sites for hydroxylation is 3. The van der Waals surface area contributed by atoms with Crippen LogP contribution in [-0.4, -0.2) is 33.4 Å². The highest BCUT2D eigenvalue weighted by molar-refractivity contribution is 6.33. The predicted molar refractivity (Wildman–Crippen MR) is 97.8 cm³/mol. The lowest BCUT2D eigenvalue weighted by atomic mass is 10.0. The normalized spacial score (nSPS) is 13.0. The molecule has 0 aliphatic carbocycles. The van der Waals surface area contributed by atoms with Gasteiger partial charge < -0.3 is 10.4 Å². The molecule has 1 heterocycles. The third-order valence-corrected chi connectivity index (χ3v) is 5.23. The highest BCUT2D eigenvalue weighted by Crippen LogP contribution is 2.32. The van der Waals surface area contributed by atoms with Gasteiger partial charge in [0.15, 0.2) is 0 Å². The molecule has 0 fully saturated rings. The van der Waals surface area contributed by atoms with Gasteiger partial charge in [-0.05, 0) is 56.3 Å². The van der Waals surface area contributed by atoms with Gasteiger partial charge in [-0.2, -0.15) is 5.10 Å². The summed E-state index contributed by atoms with van der Waals surface area (Å²) in [5.41, 5.74) is 4.38. The fourth-order valence-corrected chi connectivity index (χ4v) is 3.30. The third-order valence-electron chi connectivity index (χ3n) is 4.66. The average molecular weight is 352 g/mol. The first kappa shape index (κ1) is 18.7. The molecular weight excluding hydrogens is 326 g/mol. The van der Waals surface area contributed by atoms with Crippen LogP contribution >= 0.6 is 11.6 Å². The smallest absolute Gasteiger partial charge is 0.320 e. The van der Waals surface area contributed by atoms with E-state index in [1.54, 1.807) is 0 Å². The van der Waals surface area contributed by atoms with Gasteiger partial charge in [-0.15, -0.1) is 0 Å². The van der Waals surface area contributed by atoms with E-state index in [2.05, 4.69) is 17.3 Å². The van der Waals surface area contributed by atoms with Gasteiger partial charge in [0, 0.05) is 17.0 Å². The van der Waals surface area contributed by atoms with Gasteiger partial charge in [0.2, 0.25) is 0 Å². The van der Waals surface area contributed by atoms with E-state index >= 15 is 0 Å². The van der Waals surface area contributed by atoms with Crippen molar-refractivity contribution in [3.8, 4) is 0 Å². The Bertz CT molecular complexity index is 753. The Kier molecular flexibility index (Phi) is 5.88. The van der Waals surface area contributed by atoms with E-state index in [9.17, 15) is 9.90 Å². The number of hydrogen-bond acceptors (Lipinski definition) is 3. The van der Waals surface area contributed by atoms with Crippen molar-refractivity contribution in [3.63, 3.8) is 0 Å². The second kappa shape index (κ2) is 7.53. The van der Waals surface area contributed by atoms with Crippen molar-refractivity contribution >= 4 is 28.5 Å². The van der Waals surface area contributed by atoms with E-state index in [0.717, 1.165) is 45.6 Å². The molecule has 0 amide bonds. The minimum atomic E-state index is -0.803. The molecule has 0 aliphatic heterocycles. The van der Waals surface area contributed by atoms with Crippen molar-refractivity contribution in [2.24, 2.45) is 5.92 Å². The van der Waals surface area contributed by atoms with Gasteiger partial charge in [-0.1, -0.05) is 25.4 Å². The van der Waals surface area contributed by atoms with Crippen LogP contribution in [0, 0.1) is 26.7 Å². The minimum absolute atomic E-state index is 0.0553. The Balaban J connectivity index is 2.11. The second-order valence-electron chi connectivity index (χ2n) is 6.69. The van der Waals surface area contributed by atoms with Crippen LogP contribution in [0.25, 0.3) is 10.9 Å². The average Bonchev–Trinajstić information content (AvgIpc) is 2.94. The summed E-state index contributed by atoms with van der Waals surface area (Å²) in [7, 11) is 0. The quantitative estimate of drug-likeness (QED) is 0.746. The lowest BCUT2D eigenvalue weighted by molar-refractivity contribution is -0.140. The summed E-state index contributed by atoms with van der Waals surface area (Å²) in [6.07, 6.45) is 2.69. The largest absolute Gasteiger partial charge is 0.480 e. The Labute approximate surface area is 148 Å². The number of halogens is 1. The lowest BCUT2D eigenvalue weighted by Gasteiger charge is -2.18. The van der Waals surface area contributed by atoms with Crippen molar-refractivity contribution < 1.29 is 9.90 Å². The zero-order chi connectivity index (χ0) is 18.0. The van der Waals surface area contributed by atoms with Crippen LogP contribution in [0.5, 0.6) is 0 Å². The van der Waals surface area contributed by atoms with E-state index in [4.69, 9.17) is 11.6 Å². The molecule has 6 heteroatoms. The molecule has 2 N–H and O–H groups in total. The van der Waals surface area contributed by atoms with Gasteiger partial charge in [-0.3, -0.25) is 9.48 Å². The van der Waals surface area contributed by atoms with Gasteiger partial charge in [0.1, 0.15) is 6.04 Å². The molecule has 1 aromatic heterocycles. The van der Waals surface area contributed by atoms with Crippen LogP contribution in [0.1, 0.15) is 37.0 Å². The fourth-order valence-electron chi connectivity index (χ4n) is 3.07. The van der Waals surface area contributed by atoms with Gasteiger partial charge in [0.05, 0.1) is 11.7 Å². The number of fused-ring (bicyclic) bond motifs is 1. The number of benzene rings is 1. The molecule has 0 radical (unpaired) electrons. The van der Waals surface area contributed by atoms with Crippen molar-refractivity contribution in [2.75, 3.05) is 6.54 Å². The lowest BCUT2D eigenvalue weighted by Crippen LogP contribution is -2.41. The number of carboxylic acid groups (broad SMARTS) is 1. The number of carboxylic acids is 1. The van der Waals surface area contributed by atoms with Crippen molar-refractivity contribution in [1.82, 2.24) is 15.1 Å². The molecule has 24 heavy (non-hydrogen) atoms. The molecular formula is C18H26ClN3O2. The van der Waals surface area contributed by atoms with E-state index in [0.29, 0.717) is 6.54 Å². The molecule has 0 saturated heterocycles. The molecule has 0 aliphatic rings. The number of nitrogens with one attached hydrogen (secondary N) is 1. The molecule has 132 valence electrons.